The van der Waals surface area contributed by atoms with Crippen molar-refractivity contribution in [2.24, 2.45) is 0 Å². The molecule has 5 nitrogen and oxygen atoms in total. The number of benzene rings is 2. The summed E-state index contributed by atoms with van der Waals surface area (Å²) in [6.07, 6.45) is 6.90. The smallest absolute Gasteiger partial charge is 0.317 e. The maximum absolute atomic E-state index is 14.2. The number of nitrogens with zero attached hydrogens (tertiary/aromatic N) is 3. The molecule has 2 aromatic carbocycles. The van der Waals surface area contributed by atoms with Gasteiger partial charge < -0.3 is 10.2 Å². The number of alkyl halides is 3. The Hall–Kier alpha value is -2.72. The summed E-state index contributed by atoms with van der Waals surface area (Å²) in [5, 5.41) is 4.31. The molecule has 3 aromatic rings. The average molecular weight is 608 g/mol. The van der Waals surface area contributed by atoms with Crippen molar-refractivity contribution in [2.45, 2.75) is 35.2 Å². The van der Waals surface area contributed by atoms with Gasteiger partial charge in [-0.2, -0.15) is 13.2 Å². The molecule has 2 amide bonds. The molecule has 0 bridgehead atoms. The number of amides is 2. The minimum atomic E-state index is -4.39. The molecule has 0 unspecified atom stereocenters. The quantitative estimate of drug-likeness (QED) is 0.230. The fraction of sp³-hybridized carbons (Fsp3) is 0.310. The van der Waals surface area contributed by atoms with E-state index in [0.717, 1.165) is 42.6 Å². The average Bonchev–Trinajstić information content (AvgIpc) is 3.21. The molecule has 0 atom stereocenters. The lowest BCUT2D eigenvalue weighted by Crippen LogP contribution is -2.47. The highest BCUT2D eigenvalue weighted by Crippen LogP contribution is 2.49. The van der Waals surface area contributed by atoms with Crippen LogP contribution in [0.3, 0.4) is 0 Å². The van der Waals surface area contributed by atoms with Crippen molar-refractivity contribution in [3.8, 4) is 0 Å². The van der Waals surface area contributed by atoms with Crippen LogP contribution < -0.4 is 10.2 Å². The van der Waals surface area contributed by atoms with Crippen LogP contribution in [0.5, 0.6) is 0 Å². The van der Waals surface area contributed by atoms with E-state index in [4.69, 9.17) is 23.2 Å². The van der Waals surface area contributed by atoms with Crippen molar-refractivity contribution in [1.29, 1.82) is 0 Å². The van der Waals surface area contributed by atoms with Crippen molar-refractivity contribution in [2.75, 3.05) is 31.1 Å². The Morgan fingerprint density at radius 1 is 1.10 bits per heavy atom. The highest BCUT2D eigenvalue weighted by molar-refractivity contribution is 8.00. The predicted molar refractivity (Wildman–Crippen MR) is 155 cm³/mol. The second kappa shape index (κ2) is 12.0. The number of nitrogens with one attached hydrogen (secondary N) is 1. The van der Waals surface area contributed by atoms with Crippen LogP contribution >= 0.6 is 35.0 Å². The van der Waals surface area contributed by atoms with Crippen molar-refractivity contribution >= 4 is 52.8 Å². The molecule has 1 saturated heterocycles. The number of anilines is 1. The molecule has 2 aliphatic heterocycles. The second-order valence-electron chi connectivity index (χ2n) is 9.95. The Balaban J connectivity index is 1.46. The molecule has 0 saturated carbocycles. The van der Waals surface area contributed by atoms with Gasteiger partial charge in [-0.25, -0.2) is 9.78 Å². The van der Waals surface area contributed by atoms with E-state index in [2.05, 4.69) is 10.3 Å². The summed E-state index contributed by atoms with van der Waals surface area (Å²) < 4.78 is 39.6. The van der Waals surface area contributed by atoms with Crippen molar-refractivity contribution in [3.05, 3.63) is 93.7 Å². The van der Waals surface area contributed by atoms with Crippen LogP contribution in [-0.2, 0) is 12.0 Å². The number of thioether (sulfide) groups is 1. The van der Waals surface area contributed by atoms with Crippen LogP contribution in [0, 0.1) is 0 Å². The lowest BCUT2D eigenvalue weighted by Gasteiger charge is -2.35. The molecule has 1 N–H and O–H groups in total. The van der Waals surface area contributed by atoms with E-state index in [0.29, 0.717) is 29.0 Å². The monoisotopic (exact) mass is 606 g/mol. The third-order valence-electron chi connectivity index (χ3n) is 7.26. The molecule has 1 aromatic heterocycles. The fourth-order valence-corrected chi connectivity index (χ4v) is 6.28. The van der Waals surface area contributed by atoms with E-state index in [1.807, 2.05) is 30.4 Å². The van der Waals surface area contributed by atoms with Gasteiger partial charge in [0, 0.05) is 46.9 Å². The molecular weight excluding hydrogens is 580 g/mol. The van der Waals surface area contributed by atoms with Gasteiger partial charge in [-0.05, 0) is 96.8 Å². The molecule has 5 rings (SSSR count). The number of piperidine rings is 1. The Morgan fingerprint density at radius 3 is 2.55 bits per heavy atom. The highest BCUT2D eigenvalue weighted by atomic mass is 35.5. The first-order chi connectivity index (χ1) is 19.1. The van der Waals surface area contributed by atoms with Gasteiger partial charge in [0.05, 0.1) is 0 Å². The van der Waals surface area contributed by atoms with Gasteiger partial charge in [-0.3, -0.25) is 4.90 Å². The molecule has 11 heteroatoms. The Labute approximate surface area is 245 Å². The molecule has 40 heavy (non-hydrogen) atoms. The Bertz CT molecular complexity index is 1390. The first-order valence-corrected chi connectivity index (χ1v) is 14.4. The van der Waals surface area contributed by atoms with Gasteiger partial charge in [0.2, 0.25) is 0 Å². The van der Waals surface area contributed by atoms with E-state index in [1.54, 1.807) is 46.3 Å². The van der Waals surface area contributed by atoms with Gasteiger partial charge in [0.25, 0.3) is 0 Å². The molecule has 1 fully saturated rings. The maximum Gasteiger partial charge on any atom is 0.446 e. The summed E-state index contributed by atoms with van der Waals surface area (Å²) in [5.74, 6) is 0. The van der Waals surface area contributed by atoms with Crippen LogP contribution in [0.15, 0.2) is 71.8 Å². The van der Waals surface area contributed by atoms with Crippen LogP contribution in [0.4, 0.5) is 23.7 Å². The zero-order valence-corrected chi connectivity index (χ0v) is 23.8. The Kier molecular flexibility index (Phi) is 8.66. The van der Waals surface area contributed by atoms with E-state index in [-0.39, 0.29) is 29.2 Å². The van der Waals surface area contributed by atoms with Gasteiger partial charge in [0.1, 0.15) is 5.15 Å². The number of pyridine rings is 1. The number of halogens is 5. The number of carbonyl (C=O) groups is 1. The predicted octanol–water partition coefficient (Wildman–Crippen LogP) is 7.78. The first-order valence-electron chi connectivity index (χ1n) is 12.8. The van der Waals surface area contributed by atoms with Crippen LogP contribution in [0.1, 0.15) is 29.5 Å². The minimum absolute atomic E-state index is 0.122. The fourth-order valence-electron chi connectivity index (χ4n) is 5.38. The minimum Gasteiger partial charge on any atom is -0.317 e. The third-order valence-corrected chi connectivity index (χ3v) is 8.44. The topological polar surface area (TPSA) is 48.5 Å². The molecule has 3 heterocycles. The van der Waals surface area contributed by atoms with E-state index in [9.17, 15) is 18.0 Å². The third kappa shape index (κ3) is 6.77. The van der Waals surface area contributed by atoms with Gasteiger partial charge in [-0.1, -0.05) is 47.5 Å². The Morgan fingerprint density at radius 2 is 1.85 bits per heavy atom. The van der Waals surface area contributed by atoms with E-state index < -0.39 is 10.9 Å². The standard InChI is InChI=1S/C29H27Cl2F3N4OS/c30-22-5-3-20(4-6-22)2-1-15-37(18-21-9-12-36-26(31)16-21)27(39)38-19-28(10-13-35-14-11-28)24-17-23(7-8-25(24)38)40-29(32,33)34/h1-9,12,16-17,35H,10-11,13-15,18-19H2. The lowest BCUT2D eigenvalue weighted by atomic mass is 9.75. The van der Waals surface area contributed by atoms with Crippen molar-refractivity contribution in [3.63, 3.8) is 0 Å². The van der Waals surface area contributed by atoms with Gasteiger partial charge >= 0.3 is 11.5 Å². The number of hydrogen-bond acceptors (Lipinski definition) is 4. The van der Waals surface area contributed by atoms with Crippen LogP contribution in [0.25, 0.3) is 6.08 Å². The number of hydrogen-bond donors (Lipinski definition) is 1. The summed E-state index contributed by atoms with van der Waals surface area (Å²) in [7, 11) is 0. The first kappa shape index (κ1) is 28.8. The molecule has 1 spiro atoms. The van der Waals surface area contributed by atoms with Gasteiger partial charge in [0.15, 0.2) is 0 Å². The second-order valence-corrected chi connectivity index (χ2v) is 11.9. The largest absolute Gasteiger partial charge is 0.446 e. The number of urea groups is 1. The van der Waals surface area contributed by atoms with Crippen molar-refractivity contribution in [1.82, 2.24) is 15.2 Å². The summed E-state index contributed by atoms with van der Waals surface area (Å²) >= 11 is 12.0. The number of carbonyl (C=O) groups excluding carboxylic acids is 1. The number of rotatable bonds is 6. The SMILES string of the molecule is O=C(N(CC=Cc1ccc(Cl)cc1)Cc1ccnc(Cl)c1)N1CC2(CCNCC2)c2cc(SC(F)(F)F)ccc21. The van der Waals surface area contributed by atoms with Crippen LogP contribution in [-0.4, -0.2) is 47.6 Å². The van der Waals surface area contributed by atoms with Gasteiger partial charge in [-0.15, -0.1) is 0 Å². The lowest BCUT2D eigenvalue weighted by molar-refractivity contribution is -0.0328. The molecule has 2 aliphatic rings. The number of aromatic nitrogens is 1. The summed E-state index contributed by atoms with van der Waals surface area (Å²) in [5.41, 5.74) is -1.55. The zero-order valence-electron chi connectivity index (χ0n) is 21.4. The number of fused-ring (bicyclic) bond motifs is 2. The van der Waals surface area contributed by atoms with Crippen LogP contribution in [0.2, 0.25) is 10.2 Å². The molecular formula is C29H27Cl2F3N4OS. The normalized spacial score (nSPS) is 16.5. The summed E-state index contributed by atoms with van der Waals surface area (Å²) in [4.78, 5) is 21.8. The highest BCUT2D eigenvalue weighted by Gasteiger charge is 2.46. The maximum atomic E-state index is 14.2. The van der Waals surface area contributed by atoms with E-state index in [1.165, 1.54) is 6.07 Å². The molecule has 210 valence electrons. The molecule has 0 radical (unpaired) electrons. The zero-order chi connectivity index (χ0) is 28.3. The molecule has 0 aliphatic carbocycles. The summed E-state index contributed by atoms with van der Waals surface area (Å²) in [6, 6.07) is 15.4. The van der Waals surface area contributed by atoms with E-state index >= 15 is 0 Å². The summed E-state index contributed by atoms with van der Waals surface area (Å²) in [6.45, 7) is 2.48. The van der Waals surface area contributed by atoms with Crippen molar-refractivity contribution < 1.29 is 18.0 Å².